The highest BCUT2D eigenvalue weighted by atomic mass is 16.6. The van der Waals surface area contributed by atoms with E-state index in [4.69, 9.17) is 9.47 Å². The maximum atomic E-state index is 5.97. The van der Waals surface area contributed by atoms with Gasteiger partial charge in [-0.15, -0.1) is 0 Å². The van der Waals surface area contributed by atoms with Crippen molar-refractivity contribution in [2.24, 2.45) is 11.8 Å². The number of aromatic nitrogens is 1. The summed E-state index contributed by atoms with van der Waals surface area (Å²) in [5, 5.41) is 0. The molecule has 1 saturated heterocycles. The lowest BCUT2D eigenvalue weighted by atomic mass is 9.88. The summed E-state index contributed by atoms with van der Waals surface area (Å²) in [7, 11) is 0. The maximum Gasteiger partial charge on any atom is 0.117 e. The van der Waals surface area contributed by atoms with Gasteiger partial charge in [-0.05, 0) is 55.6 Å². The van der Waals surface area contributed by atoms with Crippen molar-refractivity contribution < 1.29 is 9.47 Å². The Morgan fingerprint density at radius 3 is 2.07 bits per heavy atom. The van der Waals surface area contributed by atoms with E-state index in [-0.39, 0.29) is 5.60 Å². The summed E-state index contributed by atoms with van der Waals surface area (Å²) >= 11 is 0. The van der Waals surface area contributed by atoms with Crippen LogP contribution in [0.2, 0.25) is 0 Å². The van der Waals surface area contributed by atoms with Gasteiger partial charge in [0.05, 0.1) is 13.2 Å². The number of hydrogen-bond donors (Lipinski definition) is 0. The molecule has 3 heteroatoms. The summed E-state index contributed by atoms with van der Waals surface area (Å²) in [5.74, 6) is 1.98. The Bertz CT molecular complexity index is 523. The quantitative estimate of drug-likeness (QED) is 0.472. The molecule has 1 fully saturated rings. The highest BCUT2D eigenvalue weighted by Crippen LogP contribution is 2.30. The van der Waals surface area contributed by atoms with Gasteiger partial charge in [0.15, 0.2) is 0 Å². The molecule has 28 heavy (non-hydrogen) atoms. The lowest BCUT2D eigenvalue weighted by molar-refractivity contribution is -0.231. The Morgan fingerprint density at radius 2 is 1.68 bits per heavy atom. The van der Waals surface area contributed by atoms with Crippen LogP contribution >= 0.6 is 0 Å². The smallest absolute Gasteiger partial charge is 0.117 e. The van der Waals surface area contributed by atoms with Gasteiger partial charge < -0.3 is 9.47 Å². The third-order valence-electron chi connectivity index (χ3n) is 5.98. The molecule has 1 aromatic rings. The van der Waals surface area contributed by atoms with Gasteiger partial charge in [-0.3, -0.25) is 4.98 Å². The van der Waals surface area contributed by atoms with Crippen molar-refractivity contribution in [1.82, 2.24) is 4.98 Å². The van der Waals surface area contributed by atoms with Gasteiger partial charge in [-0.25, -0.2) is 0 Å². The van der Waals surface area contributed by atoms with Crippen molar-refractivity contribution in [3.63, 3.8) is 0 Å². The minimum absolute atomic E-state index is 0.0352. The highest BCUT2D eigenvalue weighted by molar-refractivity contribution is 5.25. The number of pyridine rings is 1. The number of nitrogens with zero attached hydrogens (tertiary/aromatic N) is 1. The molecule has 2 unspecified atom stereocenters. The van der Waals surface area contributed by atoms with Crippen molar-refractivity contribution in [3.05, 3.63) is 29.1 Å². The average Bonchev–Trinajstić information content (AvgIpc) is 2.66. The Hall–Kier alpha value is -0.930. The fourth-order valence-electron chi connectivity index (χ4n) is 2.72. The minimum atomic E-state index is 0.0352. The number of hydrogen-bond acceptors (Lipinski definition) is 3. The molecule has 1 aromatic heterocycles. The van der Waals surface area contributed by atoms with Crippen LogP contribution in [-0.2, 0) is 9.47 Å². The van der Waals surface area contributed by atoms with E-state index in [1.54, 1.807) is 0 Å². The fourth-order valence-corrected chi connectivity index (χ4v) is 2.72. The topological polar surface area (TPSA) is 31.4 Å². The molecule has 164 valence electrons. The second-order valence-electron chi connectivity index (χ2n) is 8.34. The number of aryl methyl sites for hydroxylation is 2. The molecular formula is C25H47NO2. The van der Waals surface area contributed by atoms with Gasteiger partial charge in [-0.2, -0.15) is 0 Å². The second kappa shape index (κ2) is 14.1. The molecule has 1 aliphatic rings. The molecule has 3 nitrogen and oxygen atoms in total. The van der Waals surface area contributed by atoms with Crippen LogP contribution in [0.25, 0.3) is 0 Å². The lowest BCUT2D eigenvalue weighted by Gasteiger charge is -2.44. The monoisotopic (exact) mass is 393 g/mol. The zero-order valence-electron chi connectivity index (χ0n) is 20.4. The van der Waals surface area contributed by atoms with Gasteiger partial charge in [0.2, 0.25) is 0 Å². The van der Waals surface area contributed by atoms with E-state index in [0.717, 1.165) is 31.4 Å². The molecule has 0 aromatic carbocycles. The van der Waals surface area contributed by atoms with Crippen LogP contribution in [0.5, 0.6) is 0 Å². The predicted molar refractivity (Wildman–Crippen MR) is 122 cm³/mol. The summed E-state index contributed by atoms with van der Waals surface area (Å²) < 4.78 is 11.2. The first-order chi connectivity index (χ1) is 13.3. The molecule has 0 bridgehead atoms. The Balaban J connectivity index is 0.000000483. The summed E-state index contributed by atoms with van der Waals surface area (Å²) in [6, 6.07) is 2.25. The number of ether oxygens (including phenoxy) is 2. The first kappa shape index (κ1) is 27.1. The fraction of sp³-hybridized carbons (Fsp3) is 0.800. The summed E-state index contributed by atoms with van der Waals surface area (Å²) in [4.78, 5) is 4.35. The molecule has 0 saturated carbocycles. The number of rotatable bonds is 8. The summed E-state index contributed by atoms with van der Waals surface area (Å²) in [6.45, 7) is 24.0. The molecular weight excluding hydrogens is 346 g/mol. The van der Waals surface area contributed by atoms with Gasteiger partial charge in [-0.1, -0.05) is 67.9 Å². The summed E-state index contributed by atoms with van der Waals surface area (Å²) in [6.07, 6.45) is 5.60. The Labute approximate surface area is 175 Å². The third kappa shape index (κ3) is 8.61. The van der Waals surface area contributed by atoms with Crippen LogP contribution in [0, 0.1) is 25.7 Å². The molecule has 0 amide bonds. The van der Waals surface area contributed by atoms with Crippen LogP contribution in [0.3, 0.4) is 0 Å². The average molecular weight is 394 g/mol. The molecule has 2 rings (SSSR count). The Morgan fingerprint density at radius 1 is 1.07 bits per heavy atom. The van der Waals surface area contributed by atoms with Gasteiger partial charge in [0.1, 0.15) is 5.60 Å². The van der Waals surface area contributed by atoms with Crippen LogP contribution in [0.4, 0.5) is 0 Å². The van der Waals surface area contributed by atoms with Crippen LogP contribution < -0.4 is 0 Å². The van der Waals surface area contributed by atoms with E-state index in [1.807, 2.05) is 20.0 Å². The zero-order valence-corrected chi connectivity index (χ0v) is 20.4. The zero-order chi connectivity index (χ0) is 21.7. The van der Waals surface area contributed by atoms with Gasteiger partial charge >= 0.3 is 0 Å². The van der Waals surface area contributed by atoms with Crippen molar-refractivity contribution in [3.8, 4) is 0 Å². The van der Waals surface area contributed by atoms with Crippen LogP contribution in [0.1, 0.15) is 97.4 Å². The molecule has 0 aliphatic carbocycles. The van der Waals surface area contributed by atoms with E-state index in [1.165, 1.54) is 30.4 Å². The van der Waals surface area contributed by atoms with Crippen molar-refractivity contribution in [2.75, 3.05) is 19.8 Å². The van der Waals surface area contributed by atoms with Crippen LogP contribution in [-0.4, -0.2) is 30.4 Å². The SMILES string of the molecule is CC.CCC(C)CCOC1(C(C)C)COC1.CCC(C)c1cnc(C)c(C)c1. The molecule has 2 atom stereocenters. The third-order valence-corrected chi connectivity index (χ3v) is 5.98. The van der Waals surface area contributed by atoms with Crippen molar-refractivity contribution in [1.29, 1.82) is 0 Å². The normalized spacial score (nSPS) is 16.8. The summed E-state index contributed by atoms with van der Waals surface area (Å²) in [5.41, 5.74) is 3.84. The largest absolute Gasteiger partial charge is 0.375 e. The first-order valence-corrected chi connectivity index (χ1v) is 11.4. The molecule has 2 heterocycles. The first-order valence-electron chi connectivity index (χ1n) is 11.4. The molecule has 0 radical (unpaired) electrons. The lowest BCUT2D eigenvalue weighted by Crippen LogP contribution is -2.56. The minimum Gasteiger partial charge on any atom is -0.375 e. The van der Waals surface area contributed by atoms with E-state index >= 15 is 0 Å². The van der Waals surface area contributed by atoms with Gasteiger partial charge in [0.25, 0.3) is 0 Å². The van der Waals surface area contributed by atoms with E-state index in [0.29, 0.717) is 11.8 Å². The maximum absolute atomic E-state index is 5.97. The molecule has 1 aliphatic heterocycles. The predicted octanol–water partition coefficient (Wildman–Crippen LogP) is 7.10. The van der Waals surface area contributed by atoms with E-state index in [9.17, 15) is 0 Å². The van der Waals surface area contributed by atoms with E-state index in [2.05, 4.69) is 66.4 Å². The Kier molecular flexibility index (Phi) is 13.6. The standard InChI is InChI=1S/C12H24O2.C11H17N.C2H6/c1-5-11(4)6-7-14-12(10(2)3)8-13-9-12;1-5-8(2)11-6-9(3)10(4)12-7-11;1-2/h10-11H,5-9H2,1-4H3;6-8H,5H2,1-4H3;1-2H3. The van der Waals surface area contributed by atoms with Crippen molar-refractivity contribution in [2.45, 2.75) is 100 Å². The molecule has 0 spiro atoms. The molecule has 0 N–H and O–H groups in total. The highest BCUT2D eigenvalue weighted by Gasteiger charge is 2.42. The van der Waals surface area contributed by atoms with Crippen molar-refractivity contribution >= 4 is 0 Å². The van der Waals surface area contributed by atoms with E-state index < -0.39 is 0 Å². The van der Waals surface area contributed by atoms with Crippen LogP contribution in [0.15, 0.2) is 12.3 Å². The second-order valence-corrected chi connectivity index (χ2v) is 8.34. The van der Waals surface area contributed by atoms with Gasteiger partial charge in [0, 0.05) is 18.5 Å².